The Balaban J connectivity index is 2.12. The molecule has 2 N–H and O–H groups in total. The molecule has 1 heterocycles. The van der Waals surface area contributed by atoms with E-state index >= 15 is 0 Å². The molecule has 0 unspecified atom stereocenters. The van der Waals surface area contributed by atoms with Crippen LogP contribution in [0.25, 0.3) is 0 Å². The first-order valence-electron chi connectivity index (χ1n) is 8.12. The number of hydrogen-bond donors (Lipinski definition) is 2. The van der Waals surface area contributed by atoms with E-state index in [1.165, 1.54) is 0 Å². The first-order chi connectivity index (χ1) is 9.37. The topological polar surface area (TPSA) is 36.5 Å². The molecule has 1 aliphatic heterocycles. The Morgan fingerprint density at radius 2 is 2.00 bits per heavy atom. The van der Waals surface area contributed by atoms with Crippen LogP contribution >= 0.6 is 0 Å². The molecule has 0 aliphatic carbocycles. The predicted molar refractivity (Wildman–Crippen MR) is 86.2 cm³/mol. The lowest BCUT2D eigenvalue weighted by atomic mass is 9.97. The second kappa shape index (κ2) is 8.98. The predicted octanol–water partition coefficient (Wildman–Crippen LogP) is 1.57. The fourth-order valence-electron chi connectivity index (χ4n) is 2.34. The van der Waals surface area contributed by atoms with Gasteiger partial charge in [-0.15, -0.1) is 0 Å². The van der Waals surface area contributed by atoms with Gasteiger partial charge in [0.1, 0.15) is 0 Å². The first kappa shape index (κ1) is 17.9. The van der Waals surface area contributed by atoms with Gasteiger partial charge in [0.05, 0.1) is 12.7 Å². The van der Waals surface area contributed by atoms with Crippen molar-refractivity contribution in [3.63, 3.8) is 0 Å². The van der Waals surface area contributed by atoms with Crippen LogP contribution in [-0.4, -0.2) is 63.4 Å². The Hall–Kier alpha value is -0.160. The zero-order valence-corrected chi connectivity index (χ0v) is 14.2. The van der Waals surface area contributed by atoms with E-state index in [0.717, 1.165) is 58.3 Å². The molecule has 0 spiro atoms. The van der Waals surface area contributed by atoms with E-state index in [9.17, 15) is 0 Å². The molecule has 0 bridgehead atoms. The molecule has 0 aromatic heterocycles. The number of nitrogens with one attached hydrogen (secondary N) is 2. The highest BCUT2D eigenvalue weighted by Gasteiger charge is 2.20. The third-order valence-corrected chi connectivity index (χ3v) is 3.41. The second-order valence-corrected chi connectivity index (χ2v) is 7.58. The van der Waals surface area contributed by atoms with Crippen molar-refractivity contribution < 1.29 is 4.74 Å². The number of nitrogens with zero attached hydrogens (tertiary/aromatic N) is 1. The summed E-state index contributed by atoms with van der Waals surface area (Å²) in [6, 6.07) is 0. The van der Waals surface area contributed by atoms with Crippen molar-refractivity contribution in [1.82, 2.24) is 15.5 Å². The summed E-state index contributed by atoms with van der Waals surface area (Å²) in [6.07, 6.45) is 0.344. The molecule has 0 aromatic carbocycles. The average Bonchev–Trinajstić information content (AvgIpc) is 2.33. The maximum atomic E-state index is 5.84. The van der Waals surface area contributed by atoms with Crippen molar-refractivity contribution in [3.05, 3.63) is 0 Å². The third kappa shape index (κ3) is 8.90. The van der Waals surface area contributed by atoms with Gasteiger partial charge in [-0.1, -0.05) is 34.6 Å². The third-order valence-electron chi connectivity index (χ3n) is 3.41. The van der Waals surface area contributed by atoms with Crippen LogP contribution in [0.3, 0.4) is 0 Å². The van der Waals surface area contributed by atoms with Crippen LogP contribution in [0.15, 0.2) is 0 Å². The molecule has 20 heavy (non-hydrogen) atoms. The first-order valence-corrected chi connectivity index (χ1v) is 8.12. The van der Waals surface area contributed by atoms with E-state index in [1.807, 2.05) is 0 Å². The van der Waals surface area contributed by atoms with Crippen LogP contribution in [0.1, 0.15) is 34.6 Å². The summed E-state index contributed by atoms with van der Waals surface area (Å²) in [5, 5.41) is 7.04. The summed E-state index contributed by atoms with van der Waals surface area (Å²) in [5.74, 6) is 0.731. The van der Waals surface area contributed by atoms with Crippen LogP contribution in [0, 0.1) is 11.3 Å². The maximum Gasteiger partial charge on any atom is 0.0826 e. The largest absolute Gasteiger partial charge is 0.374 e. The molecule has 0 saturated carbocycles. The number of rotatable bonds is 8. The van der Waals surface area contributed by atoms with Crippen LogP contribution in [0.5, 0.6) is 0 Å². The van der Waals surface area contributed by atoms with Gasteiger partial charge in [0.2, 0.25) is 0 Å². The van der Waals surface area contributed by atoms with Gasteiger partial charge in [-0.25, -0.2) is 0 Å². The van der Waals surface area contributed by atoms with E-state index in [-0.39, 0.29) is 0 Å². The molecule has 1 aliphatic rings. The average molecular weight is 285 g/mol. The molecule has 1 saturated heterocycles. The smallest absolute Gasteiger partial charge is 0.0826 e. The van der Waals surface area contributed by atoms with Gasteiger partial charge in [0, 0.05) is 39.3 Å². The highest BCUT2D eigenvalue weighted by molar-refractivity contribution is 4.75. The Morgan fingerprint density at radius 1 is 1.25 bits per heavy atom. The Morgan fingerprint density at radius 3 is 2.65 bits per heavy atom. The lowest BCUT2D eigenvalue weighted by Gasteiger charge is -2.33. The lowest BCUT2D eigenvalue weighted by Crippen LogP contribution is -2.49. The van der Waals surface area contributed by atoms with Gasteiger partial charge in [0.25, 0.3) is 0 Å². The van der Waals surface area contributed by atoms with Crippen molar-refractivity contribution in [3.8, 4) is 0 Å². The van der Waals surface area contributed by atoms with Gasteiger partial charge in [-0.3, -0.25) is 4.90 Å². The van der Waals surface area contributed by atoms with Crippen molar-refractivity contribution in [2.75, 3.05) is 52.4 Å². The maximum absolute atomic E-state index is 5.84. The normalized spacial score (nSPS) is 21.6. The molecule has 4 heteroatoms. The van der Waals surface area contributed by atoms with Crippen LogP contribution in [0.4, 0.5) is 0 Å². The summed E-state index contributed by atoms with van der Waals surface area (Å²) in [5.41, 5.74) is 0.342. The van der Waals surface area contributed by atoms with Gasteiger partial charge in [0.15, 0.2) is 0 Å². The summed E-state index contributed by atoms with van der Waals surface area (Å²) in [4.78, 5) is 2.51. The minimum absolute atomic E-state index is 0.342. The van der Waals surface area contributed by atoms with E-state index in [0.29, 0.717) is 11.5 Å². The molecule has 0 aromatic rings. The summed E-state index contributed by atoms with van der Waals surface area (Å²) in [6.45, 7) is 19.6. The highest BCUT2D eigenvalue weighted by Crippen LogP contribution is 2.11. The fraction of sp³-hybridized carbons (Fsp3) is 1.00. The standard InChI is InChI=1S/C16H35N3O/c1-14(2)10-17-6-7-19-8-9-20-15(12-19)11-18-13-16(3,4)5/h14-15,17-18H,6-13H2,1-5H3/t15-/m0/s1. The zero-order valence-electron chi connectivity index (χ0n) is 14.2. The monoisotopic (exact) mass is 285 g/mol. The van der Waals surface area contributed by atoms with Crippen molar-refractivity contribution in [1.29, 1.82) is 0 Å². The highest BCUT2D eigenvalue weighted by atomic mass is 16.5. The lowest BCUT2D eigenvalue weighted by molar-refractivity contribution is -0.0271. The van der Waals surface area contributed by atoms with Crippen LogP contribution in [-0.2, 0) is 4.74 Å². The zero-order chi connectivity index (χ0) is 15.0. The SMILES string of the molecule is CC(C)CNCCN1CCO[C@@H](CNCC(C)(C)C)C1. The number of morpholine rings is 1. The van der Waals surface area contributed by atoms with Gasteiger partial charge < -0.3 is 15.4 Å². The van der Waals surface area contributed by atoms with Crippen molar-refractivity contribution in [2.45, 2.75) is 40.7 Å². The van der Waals surface area contributed by atoms with E-state index < -0.39 is 0 Å². The molecule has 1 rings (SSSR count). The Labute approximate surface area is 125 Å². The Kier molecular flexibility index (Phi) is 8.03. The molecule has 0 radical (unpaired) electrons. The second-order valence-electron chi connectivity index (χ2n) is 7.58. The molecular formula is C16H35N3O. The van der Waals surface area contributed by atoms with Gasteiger partial charge in [-0.2, -0.15) is 0 Å². The summed E-state index contributed by atoms with van der Waals surface area (Å²) >= 11 is 0. The molecule has 1 atom stereocenters. The summed E-state index contributed by atoms with van der Waals surface area (Å²) in [7, 11) is 0. The summed E-state index contributed by atoms with van der Waals surface area (Å²) < 4.78 is 5.84. The fourth-order valence-corrected chi connectivity index (χ4v) is 2.34. The number of hydrogen-bond acceptors (Lipinski definition) is 4. The quantitative estimate of drug-likeness (QED) is 0.664. The molecule has 0 amide bonds. The van der Waals surface area contributed by atoms with E-state index in [4.69, 9.17) is 4.74 Å². The van der Waals surface area contributed by atoms with Crippen molar-refractivity contribution in [2.24, 2.45) is 11.3 Å². The van der Waals surface area contributed by atoms with Crippen molar-refractivity contribution >= 4 is 0 Å². The molecule has 4 nitrogen and oxygen atoms in total. The Bertz CT molecular complexity index is 251. The molecular weight excluding hydrogens is 250 g/mol. The molecule has 1 fully saturated rings. The number of ether oxygens (including phenoxy) is 1. The van der Waals surface area contributed by atoms with E-state index in [1.54, 1.807) is 0 Å². The van der Waals surface area contributed by atoms with Crippen LogP contribution < -0.4 is 10.6 Å². The minimum Gasteiger partial charge on any atom is -0.374 e. The molecule has 120 valence electrons. The van der Waals surface area contributed by atoms with Crippen LogP contribution in [0.2, 0.25) is 0 Å². The van der Waals surface area contributed by atoms with Gasteiger partial charge in [-0.05, 0) is 17.9 Å². The van der Waals surface area contributed by atoms with E-state index in [2.05, 4.69) is 50.2 Å². The van der Waals surface area contributed by atoms with Gasteiger partial charge >= 0.3 is 0 Å². The minimum atomic E-state index is 0.342.